The number of nitrogens with one attached hydrogen (secondary N) is 1. The first-order valence-electron chi connectivity index (χ1n) is 6.79. The normalized spacial score (nSPS) is 16.6. The van der Waals surface area contributed by atoms with Gasteiger partial charge in [0.15, 0.2) is 0 Å². The van der Waals surface area contributed by atoms with Crippen molar-refractivity contribution in [3.8, 4) is 22.6 Å². The number of para-hydroxylation sites is 1. The van der Waals surface area contributed by atoms with E-state index in [1.807, 2.05) is 36.4 Å². The number of rotatable bonds is 3. The van der Waals surface area contributed by atoms with E-state index in [1.165, 1.54) is 0 Å². The molecule has 1 aliphatic rings. The van der Waals surface area contributed by atoms with Crippen molar-refractivity contribution < 1.29 is 9.47 Å². The number of nitrogens with two attached hydrogens (primary N) is 1. The zero-order valence-electron chi connectivity index (χ0n) is 11.7. The third-order valence-corrected chi connectivity index (χ3v) is 3.76. The summed E-state index contributed by atoms with van der Waals surface area (Å²) >= 11 is 6.22. The molecule has 1 atom stereocenters. The molecule has 3 N–H and O–H groups in total. The van der Waals surface area contributed by atoms with Gasteiger partial charge in [-0.2, -0.15) is 0 Å². The molecule has 110 valence electrons. The Balaban J connectivity index is 2.16. The molecular weight excluding hydrogens is 288 g/mol. The molecule has 21 heavy (non-hydrogen) atoms. The molecule has 2 aromatic rings. The topological polar surface area (TPSA) is 56.5 Å². The maximum absolute atomic E-state index is 6.22. The Morgan fingerprint density at radius 3 is 2.90 bits per heavy atom. The van der Waals surface area contributed by atoms with Crippen molar-refractivity contribution in [2.24, 2.45) is 5.73 Å². The molecule has 0 saturated heterocycles. The van der Waals surface area contributed by atoms with Crippen LogP contribution in [0.15, 0.2) is 36.4 Å². The standard InChI is InChI=1S/C16H17ClN2O2/c1-20-14-5-3-2-4-12(14)13-6-10(17)7-15-16(13)19-11(8-18)9-21-15/h2-7,11,19H,8-9,18H2,1H3/t11-/m1/s1. The first-order valence-corrected chi connectivity index (χ1v) is 7.17. The van der Waals surface area contributed by atoms with E-state index in [0.717, 1.165) is 28.3 Å². The molecule has 3 rings (SSSR count). The lowest BCUT2D eigenvalue weighted by molar-refractivity contribution is 0.287. The van der Waals surface area contributed by atoms with Crippen molar-refractivity contribution in [2.75, 3.05) is 25.6 Å². The molecule has 5 heteroatoms. The van der Waals surface area contributed by atoms with E-state index in [9.17, 15) is 0 Å². The largest absolute Gasteiger partial charge is 0.496 e. The van der Waals surface area contributed by atoms with Crippen molar-refractivity contribution in [3.05, 3.63) is 41.4 Å². The highest BCUT2D eigenvalue weighted by Gasteiger charge is 2.23. The van der Waals surface area contributed by atoms with Gasteiger partial charge in [-0.25, -0.2) is 0 Å². The predicted molar refractivity (Wildman–Crippen MR) is 85.4 cm³/mol. The average molecular weight is 305 g/mol. The summed E-state index contributed by atoms with van der Waals surface area (Å²) in [7, 11) is 1.66. The molecule has 0 unspecified atom stereocenters. The van der Waals surface area contributed by atoms with Crippen LogP contribution in [0, 0.1) is 0 Å². The number of fused-ring (bicyclic) bond motifs is 1. The highest BCUT2D eigenvalue weighted by atomic mass is 35.5. The third kappa shape index (κ3) is 2.64. The fourth-order valence-corrected chi connectivity index (χ4v) is 2.70. The Kier molecular flexibility index (Phi) is 3.90. The van der Waals surface area contributed by atoms with E-state index in [0.29, 0.717) is 18.2 Å². The summed E-state index contributed by atoms with van der Waals surface area (Å²) < 4.78 is 11.2. The summed E-state index contributed by atoms with van der Waals surface area (Å²) in [4.78, 5) is 0. The molecule has 0 radical (unpaired) electrons. The molecule has 0 aliphatic carbocycles. The van der Waals surface area contributed by atoms with Gasteiger partial charge in [-0.15, -0.1) is 0 Å². The SMILES string of the molecule is COc1ccccc1-c1cc(Cl)cc2c1N[C@H](CN)CO2. The van der Waals surface area contributed by atoms with Gasteiger partial charge in [0.05, 0.1) is 18.8 Å². The molecule has 0 fully saturated rings. The summed E-state index contributed by atoms with van der Waals surface area (Å²) in [5.41, 5.74) is 8.57. The fourth-order valence-electron chi connectivity index (χ4n) is 2.49. The summed E-state index contributed by atoms with van der Waals surface area (Å²) in [6.07, 6.45) is 0. The predicted octanol–water partition coefficient (Wildman–Crippen LogP) is 3.15. The molecule has 1 aliphatic heterocycles. The quantitative estimate of drug-likeness (QED) is 0.914. The minimum Gasteiger partial charge on any atom is -0.496 e. The summed E-state index contributed by atoms with van der Waals surface area (Å²) in [6, 6.07) is 11.6. The molecular formula is C16H17ClN2O2. The first-order chi connectivity index (χ1) is 10.2. The molecule has 4 nitrogen and oxygen atoms in total. The zero-order valence-corrected chi connectivity index (χ0v) is 12.5. The maximum Gasteiger partial charge on any atom is 0.144 e. The van der Waals surface area contributed by atoms with Gasteiger partial charge in [0.25, 0.3) is 0 Å². The number of benzene rings is 2. The number of ether oxygens (including phenoxy) is 2. The van der Waals surface area contributed by atoms with Gasteiger partial charge in [-0.1, -0.05) is 29.8 Å². The summed E-state index contributed by atoms with van der Waals surface area (Å²) in [5.74, 6) is 1.53. The summed E-state index contributed by atoms with van der Waals surface area (Å²) in [6.45, 7) is 1.04. The second-order valence-electron chi connectivity index (χ2n) is 4.91. The molecule has 0 amide bonds. The van der Waals surface area contributed by atoms with E-state index in [-0.39, 0.29) is 6.04 Å². The van der Waals surface area contributed by atoms with Crippen LogP contribution < -0.4 is 20.5 Å². The molecule has 1 heterocycles. The monoisotopic (exact) mass is 304 g/mol. The van der Waals surface area contributed by atoms with E-state index in [4.69, 9.17) is 26.8 Å². The fraction of sp³-hybridized carbons (Fsp3) is 0.250. The van der Waals surface area contributed by atoms with Gasteiger partial charge >= 0.3 is 0 Å². The Morgan fingerprint density at radius 1 is 1.33 bits per heavy atom. The van der Waals surface area contributed by atoms with Gasteiger partial charge < -0.3 is 20.5 Å². The number of hydrogen-bond acceptors (Lipinski definition) is 4. The number of methoxy groups -OCH3 is 1. The Hall–Kier alpha value is -1.91. The second kappa shape index (κ2) is 5.84. The van der Waals surface area contributed by atoms with Crippen molar-refractivity contribution in [1.82, 2.24) is 0 Å². The van der Waals surface area contributed by atoms with Gasteiger partial charge in [-0.3, -0.25) is 0 Å². The van der Waals surface area contributed by atoms with Crippen molar-refractivity contribution in [1.29, 1.82) is 0 Å². The molecule has 0 bridgehead atoms. The van der Waals surface area contributed by atoms with Gasteiger partial charge in [-0.05, 0) is 12.1 Å². The van der Waals surface area contributed by atoms with E-state index < -0.39 is 0 Å². The highest BCUT2D eigenvalue weighted by molar-refractivity contribution is 6.31. The smallest absolute Gasteiger partial charge is 0.144 e. The zero-order chi connectivity index (χ0) is 14.8. The van der Waals surface area contributed by atoms with Crippen molar-refractivity contribution in [3.63, 3.8) is 0 Å². The lowest BCUT2D eigenvalue weighted by atomic mass is 10.0. The van der Waals surface area contributed by atoms with Crippen LogP contribution in [0.2, 0.25) is 5.02 Å². The average Bonchev–Trinajstić information content (AvgIpc) is 2.53. The Labute approximate surface area is 128 Å². The lowest BCUT2D eigenvalue weighted by Gasteiger charge is -2.29. The van der Waals surface area contributed by atoms with Crippen molar-refractivity contribution >= 4 is 17.3 Å². The minimum atomic E-state index is 0.0899. The number of halogens is 1. The van der Waals surface area contributed by atoms with Gasteiger partial charge in [0, 0.05) is 28.8 Å². The second-order valence-corrected chi connectivity index (χ2v) is 5.35. The first kappa shape index (κ1) is 14.0. The van der Waals surface area contributed by atoms with Crippen LogP contribution in [0.1, 0.15) is 0 Å². The van der Waals surface area contributed by atoms with Crippen LogP contribution in [0.4, 0.5) is 5.69 Å². The minimum absolute atomic E-state index is 0.0899. The lowest BCUT2D eigenvalue weighted by Crippen LogP contribution is -2.37. The molecule has 0 aromatic heterocycles. The number of anilines is 1. The Morgan fingerprint density at radius 2 is 2.14 bits per heavy atom. The van der Waals surface area contributed by atoms with Crippen LogP contribution in [-0.4, -0.2) is 26.3 Å². The van der Waals surface area contributed by atoms with Crippen LogP contribution in [0.5, 0.6) is 11.5 Å². The summed E-state index contributed by atoms with van der Waals surface area (Å²) in [5, 5.41) is 4.06. The van der Waals surface area contributed by atoms with E-state index in [2.05, 4.69) is 5.32 Å². The molecule has 0 saturated carbocycles. The number of hydrogen-bond donors (Lipinski definition) is 2. The third-order valence-electron chi connectivity index (χ3n) is 3.54. The van der Waals surface area contributed by atoms with Crippen LogP contribution in [0.25, 0.3) is 11.1 Å². The van der Waals surface area contributed by atoms with Crippen molar-refractivity contribution in [2.45, 2.75) is 6.04 Å². The Bertz CT molecular complexity index is 661. The van der Waals surface area contributed by atoms with Gasteiger partial charge in [0.1, 0.15) is 18.1 Å². The molecule has 2 aromatic carbocycles. The highest BCUT2D eigenvalue weighted by Crippen LogP contribution is 2.43. The van der Waals surface area contributed by atoms with Crippen LogP contribution >= 0.6 is 11.6 Å². The molecule has 0 spiro atoms. The van der Waals surface area contributed by atoms with Gasteiger partial charge in [0.2, 0.25) is 0 Å². The van der Waals surface area contributed by atoms with Crippen LogP contribution in [-0.2, 0) is 0 Å². The van der Waals surface area contributed by atoms with Crippen LogP contribution in [0.3, 0.4) is 0 Å². The van der Waals surface area contributed by atoms with E-state index in [1.54, 1.807) is 7.11 Å². The van der Waals surface area contributed by atoms with E-state index >= 15 is 0 Å². The maximum atomic E-state index is 6.22.